The van der Waals surface area contributed by atoms with Crippen LogP contribution in [-0.4, -0.2) is 15.4 Å². The highest BCUT2D eigenvalue weighted by molar-refractivity contribution is 9.10. The number of fused-ring (bicyclic) bond motifs is 1. The number of rotatable bonds is 2. The number of halogens is 1. The molecule has 0 aliphatic carbocycles. The lowest BCUT2D eigenvalue weighted by Gasteiger charge is -1.96. The maximum absolute atomic E-state index is 11.0. The predicted octanol–water partition coefficient (Wildman–Crippen LogP) is 2.23. The van der Waals surface area contributed by atoms with Crippen molar-refractivity contribution in [2.24, 2.45) is 0 Å². The fourth-order valence-electron chi connectivity index (χ4n) is 1.41. The number of nitrogens with zero attached hydrogens (tertiary/aromatic N) is 2. The van der Waals surface area contributed by atoms with Gasteiger partial charge in [-0.1, -0.05) is 15.9 Å². The van der Waals surface area contributed by atoms with Crippen LogP contribution in [-0.2, 0) is 11.2 Å². The first-order valence-electron chi connectivity index (χ1n) is 4.28. The van der Waals surface area contributed by atoms with Gasteiger partial charge in [-0.15, -0.1) is 0 Å². The third kappa shape index (κ3) is 1.70. The number of hydrogen-bond acceptors (Lipinski definition) is 2. The third-order valence-corrected chi connectivity index (χ3v) is 2.50. The molecule has 0 aliphatic heterocycles. The molecule has 2 heterocycles. The van der Waals surface area contributed by atoms with E-state index >= 15 is 0 Å². The molecule has 0 saturated heterocycles. The number of carbonyl (C=O) groups excluding carboxylic acids is 1. The van der Waals surface area contributed by atoms with E-state index in [9.17, 15) is 4.79 Å². The van der Waals surface area contributed by atoms with Crippen molar-refractivity contribution in [1.82, 2.24) is 9.61 Å². The minimum absolute atomic E-state index is 0.153. The molecule has 0 saturated carbocycles. The number of carbonyl (C=O) groups is 1. The standard InChI is InChI=1S/C10H9BrN2O/c1-7(14)4-8-6-12-13-3-2-9(11)5-10(8)13/h2-3,5-6H,4H2,1H3. The van der Waals surface area contributed by atoms with E-state index in [-0.39, 0.29) is 5.78 Å². The van der Waals surface area contributed by atoms with Gasteiger partial charge in [0.05, 0.1) is 11.7 Å². The summed E-state index contributed by atoms with van der Waals surface area (Å²) in [4.78, 5) is 11.0. The Morgan fingerprint density at radius 2 is 2.43 bits per heavy atom. The van der Waals surface area contributed by atoms with Crippen LogP contribution >= 0.6 is 15.9 Å². The maximum Gasteiger partial charge on any atom is 0.134 e. The summed E-state index contributed by atoms with van der Waals surface area (Å²) in [6, 6.07) is 3.88. The summed E-state index contributed by atoms with van der Waals surface area (Å²) >= 11 is 3.39. The van der Waals surface area contributed by atoms with Crippen molar-refractivity contribution in [2.75, 3.05) is 0 Å². The van der Waals surface area contributed by atoms with Gasteiger partial charge in [0.1, 0.15) is 5.78 Å². The molecule has 0 aromatic carbocycles. The van der Waals surface area contributed by atoms with E-state index in [0.717, 1.165) is 15.6 Å². The van der Waals surface area contributed by atoms with Crippen LogP contribution in [0.25, 0.3) is 5.52 Å². The molecule has 0 radical (unpaired) electrons. The van der Waals surface area contributed by atoms with Gasteiger partial charge in [0.25, 0.3) is 0 Å². The molecule has 2 aromatic heterocycles. The van der Waals surface area contributed by atoms with E-state index in [4.69, 9.17) is 0 Å². The fraction of sp³-hybridized carbons (Fsp3) is 0.200. The normalized spacial score (nSPS) is 10.7. The number of aromatic nitrogens is 2. The van der Waals surface area contributed by atoms with Crippen LogP contribution < -0.4 is 0 Å². The molecule has 0 atom stereocenters. The van der Waals surface area contributed by atoms with Crippen molar-refractivity contribution in [3.05, 3.63) is 34.6 Å². The highest BCUT2D eigenvalue weighted by atomic mass is 79.9. The zero-order valence-corrected chi connectivity index (χ0v) is 9.28. The Bertz CT molecular complexity index is 490. The van der Waals surface area contributed by atoms with Crippen LogP contribution in [0.3, 0.4) is 0 Å². The van der Waals surface area contributed by atoms with Crippen molar-refractivity contribution in [1.29, 1.82) is 0 Å². The van der Waals surface area contributed by atoms with Crippen molar-refractivity contribution in [2.45, 2.75) is 13.3 Å². The van der Waals surface area contributed by atoms with E-state index in [0.29, 0.717) is 6.42 Å². The summed E-state index contributed by atoms with van der Waals surface area (Å²) in [6.07, 6.45) is 4.05. The van der Waals surface area contributed by atoms with Crippen LogP contribution in [0.5, 0.6) is 0 Å². The van der Waals surface area contributed by atoms with E-state index in [2.05, 4.69) is 21.0 Å². The first-order chi connectivity index (χ1) is 6.66. The van der Waals surface area contributed by atoms with Crippen molar-refractivity contribution in [3.8, 4) is 0 Å². The maximum atomic E-state index is 11.0. The molecular formula is C10H9BrN2O. The molecule has 0 N–H and O–H groups in total. The SMILES string of the molecule is CC(=O)Cc1cnn2ccc(Br)cc12. The van der Waals surface area contributed by atoms with Crippen LogP contribution in [0.4, 0.5) is 0 Å². The van der Waals surface area contributed by atoms with Gasteiger partial charge in [0.2, 0.25) is 0 Å². The lowest BCUT2D eigenvalue weighted by molar-refractivity contribution is -0.116. The van der Waals surface area contributed by atoms with E-state index < -0.39 is 0 Å². The first-order valence-corrected chi connectivity index (χ1v) is 5.07. The molecule has 0 fully saturated rings. The molecule has 2 rings (SSSR count). The Hall–Kier alpha value is -1.16. The molecule has 14 heavy (non-hydrogen) atoms. The minimum Gasteiger partial charge on any atom is -0.300 e. The lowest BCUT2D eigenvalue weighted by atomic mass is 10.1. The quantitative estimate of drug-likeness (QED) is 0.822. The number of ketones is 1. The van der Waals surface area contributed by atoms with Gasteiger partial charge in [-0.2, -0.15) is 5.10 Å². The van der Waals surface area contributed by atoms with Gasteiger partial charge >= 0.3 is 0 Å². The first kappa shape index (κ1) is 9.40. The lowest BCUT2D eigenvalue weighted by Crippen LogP contribution is -1.95. The third-order valence-electron chi connectivity index (χ3n) is 2.00. The molecule has 0 amide bonds. The second-order valence-corrected chi connectivity index (χ2v) is 4.14. The van der Waals surface area contributed by atoms with Gasteiger partial charge in [-0.3, -0.25) is 4.79 Å². The molecule has 0 unspecified atom stereocenters. The predicted molar refractivity (Wildman–Crippen MR) is 57.3 cm³/mol. The Kier molecular flexibility index (Phi) is 2.37. The van der Waals surface area contributed by atoms with Crippen LogP contribution in [0.1, 0.15) is 12.5 Å². The largest absolute Gasteiger partial charge is 0.300 e. The second kappa shape index (κ2) is 3.53. The summed E-state index contributed by atoms with van der Waals surface area (Å²) in [5.41, 5.74) is 1.95. The zero-order valence-electron chi connectivity index (χ0n) is 7.70. The topological polar surface area (TPSA) is 34.4 Å². The van der Waals surface area contributed by atoms with Gasteiger partial charge in [-0.05, 0) is 19.1 Å². The molecule has 2 aromatic rings. The van der Waals surface area contributed by atoms with Crippen molar-refractivity contribution < 1.29 is 4.79 Å². The van der Waals surface area contributed by atoms with Crippen molar-refractivity contribution in [3.63, 3.8) is 0 Å². The fourth-order valence-corrected chi connectivity index (χ4v) is 1.74. The summed E-state index contributed by atoms with van der Waals surface area (Å²) in [7, 11) is 0. The van der Waals surface area contributed by atoms with E-state index in [1.54, 1.807) is 17.6 Å². The molecule has 0 spiro atoms. The summed E-state index contributed by atoms with van der Waals surface area (Å²) in [5.74, 6) is 0.153. The van der Waals surface area contributed by atoms with Gasteiger partial charge in [0, 0.05) is 22.7 Å². The summed E-state index contributed by atoms with van der Waals surface area (Å²) in [6.45, 7) is 1.58. The summed E-state index contributed by atoms with van der Waals surface area (Å²) in [5, 5.41) is 4.16. The molecule has 72 valence electrons. The highest BCUT2D eigenvalue weighted by Gasteiger charge is 2.06. The molecule has 4 heteroatoms. The molecular weight excluding hydrogens is 244 g/mol. The Labute approximate surface area is 89.9 Å². The number of pyridine rings is 1. The number of hydrogen-bond donors (Lipinski definition) is 0. The van der Waals surface area contributed by atoms with Gasteiger partial charge in [-0.25, -0.2) is 4.52 Å². The minimum atomic E-state index is 0.153. The van der Waals surface area contributed by atoms with E-state index in [1.807, 2.05) is 18.3 Å². The monoisotopic (exact) mass is 252 g/mol. The van der Waals surface area contributed by atoms with Crippen LogP contribution in [0, 0.1) is 0 Å². The highest BCUT2D eigenvalue weighted by Crippen LogP contribution is 2.16. The molecule has 3 nitrogen and oxygen atoms in total. The molecule has 0 bridgehead atoms. The van der Waals surface area contributed by atoms with E-state index in [1.165, 1.54) is 0 Å². The Morgan fingerprint density at radius 1 is 1.64 bits per heavy atom. The van der Waals surface area contributed by atoms with Crippen LogP contribution in [0.15, 0.2) is 29.0 Å². The smallest absolute Gasteiger partial charge is 0.134 e. The Morgan fingerprint density at radius 3 is 3.14 bits per heavy atom. The van der Waals surface area contributed by atoms with Gasteiger partial charge < -0.3 is 0 Å². The summed E-state index contributed by atoms with van der Waals surface area (Å²) < 4.78 is 2.76. The number of Topliss-reactive ketones (excluding diaryl/α,β-unsaturated/α-hetero) is 1. The second-order valence-electron chi connectivity index (χ2n) is 3.22. The molecule has 0 aliphatic rings. The Balaban J connectivity index is 2.55. The van der Waals surface area contributed by atoms with Crippen LogP contribution in [0.2, 0.25) is 0 Å². The van der Waals surface area contributed by atoms with Gasteiger partial charge in [0.15, 0.2) is 0 Å². The average molecular weight is 253 g/mol. The zero-order chi connectivity index (χ0) is 10.1. The average Bonchev–Trinajstić information content (AvgIpc) is 2.47. The van der Waals surface area contributed by atoms with Crippen molar-refractivity contribution >= 4 is 27.2 Å².